The molecule has 204 valence electrons. The summed E-state index contributed by atoms with van der Waals surface area (Å²) in [4.78, 5) is 17.3. The number of ether oxygens (including phenoxy) is 2. The van der Waals surface area contributed by atoms with Crippen LogP contribution in [0.5, 0.6) is 0 Å². The highest BCUT2D eigenvalue weighted by Gasteiger charge is 2.89. The lowest BCUT2D eigenvalue weighted by molar-refractivity contribution is -0.262. The van der Waals surface area contributed by atoms with Crippen LogP contribution in [0.25, 0.3) is 6.08 Å². The molecule has 0 amide bonds. The number of esters is 1. The van der Waals surface area contributed by atoms with Gasteiger partial charge in [-0.05, 0) is 55.6 Å². The van der Waals surface area contributed by atoms with Gasteiger partial charge in [0.1, 0.15) is 23.6 Å². The second-order valence-corrected chi connectivity index (χ2v) is 13.7. The largest absolute Gasteiger partial charge is 0.452 e. The molecule has 8 atom stereocenters. The van der Waals surface area contributed by atoms with Crippen molar-refractivity contribution in [3.05, 3.63) is 60.7 Å². The molecule has 1 aromatic carbocycles. The van der Waals surface area contributed by atoms with Crippen molar-refractivity contribution >= 4 is 22.3 Å². The minimum atomic E-state index is -4.09. The van der Waals surface area contributed by atoms with Crippen molar-refractivity contribution in [1.29, 1.82) is 0 Å². The van der Waals surface area contributed by atoms with Crippen molar-refractivity contribution in [3.8, 4) is 0 Å². The highest BCUT2D eigenvalue weighted by atomic mass is 32.2. The number of carbonyl (C=O) groups excluding carboxylic acids is 1. The molecule has 0 N–H and O–H groups in total. The number of aromatic nitrogens is 2. The SMILES string of the molecule is CC(C)CC12CC(OS(=O)(=O)n3ccnc3)C(C)(O1)C1C3CCC(C)C3C12OC(=O)/C=C/c1ccccc1. The Kier molecular flexibility index (Phi) is 5.94. The van der Waals surface area contributed by atoms with E-state index in [0.29, 0.717) is 18.8 Å². The third kappa shape index (κ3) is 3.58. The van der Waals surface area contributed by atoms with E-state index in [4.69, 9.17) is 13.7 Å². The molecule has 2 saturated carbocycles. The average Bonchev–Trinajstić information content (AvgIpc) is 3.57. The summed E-state index contributed by atoms with van der Waals surface area (Å²) in [7, 11) is -4.09. The second-order valence-electron chi connectivity index (χ2n) is 12.2. The number of benzene rings is 1. The Morgan fingerprint density at radius 2 is 2.03 bits per heavy atom. The zero-order valence-corrected chi connectivity index (χ0v) is 23.1. The Labute approximate surface area is 224 Å². The van der Waals surface area contributed by atoms with Crippen LogP contribution in [-0.2, 0) is 28.8 Å². The summed E-state index contributed by atoms with van der Waals surface area (Å²) in [6.45, 7) is 8.45. The van der Waals surface area contributed by atoms with Crippen molar-refractivity contribution in [2.75, 3.05) is 0 Å². The molecule has 8 nitrogen and oxygen atoms in total. The molecule has 2 bridgehead atoms. The summed E-state index contributed by atoms with van der Waals surface area (Å²) in [6.07, 6.45) is 9.63. The van der Waals surface area contributed by atoms with Gasteiger partial charge in [-0.1, -0.05) is 51.1 Å². The molecule has 2 aliphatic carbocycles. The summed E-state index contributed by atoms with van der Waals surface area (Å²) in [5.41, 5.74) is -1.63. The van der Waals surface area contributed by atoms with E-state index >= 15 is 0 Å². The molecule has 8 unspecified atom stereocenters. The molecule has 4 fully saturated rings. The van der Waals surface area contributed by atoms with E-state index < -0.39 is 33.2 Å². The predicted octanol–water partition coefficient (Wildman–Crippen LogP) is 4.63. The van der Waals surface area contributed by atoms with Gasteiger partial charge in [-0.15, -0.1) is 0 Å². The van der Waals surface area contributed by atoms with E-state index in [1.807, 2.05) is 37.3 Å². The molecule has 3 heterocycles. The maximum atomic E-state index is 13.4. The van der Waals surface area contributed by atoms with Gasteiger partial charge in [0.2, 0.25) is 0 Å². The van der Waals surface area contributed by atoms with E-state index in [2.05, 4.69) is 25.8 Å². The topological polar surface area (TPSA) is 96.7 Å². The maximum absolute atomic E-state index is 13.4. The second kappa shape index (κ2) is 8.76. The Morgan fingerprint density at radius 3 is 2.71 bits per heavy atom. The van der Waals surface area contributed by atoms with Gasteiger partial charge in [0.05, 0.1) is 0 Å². The Hall–Kier alpha value is -2.49. The maximum Gasteiger partial charge on any atom is 0.367 e. The predicted molar refractivity (Wildman–Crippen MR) is 141 cm³/mol. The standard InChI is InChI=1S/C29H36N2O6S/c1-19(2)16-28-17-23(36-38(33,34)31-15-14-30-18-31)27(4,37-28)26-22-12-10-20(3)25(22)29(26,28)35-24(32)13-11-21-8-6-5-7-9-21/h5-9,11,13-15,18-20,22-23,25-26H,10,12,16-17H2,1-4H3/b13-11+. The van der Waals surface area contributed by atoms with Gasteiger partial charge in [0.15, 0.2) is 5.60 Å². The minimum Gasteiger partial charge on any atom is -0.452 e. The molecule has 6 rings (SSSR count). The fraction of sp³-hybridized carbons (Fsp3) is 0.586. The van der Waals surface area contributed by atoms with Crippen molar-refractivity contribution in [2.45, 2.75) is 76.3 Å². The number of nitrogens with zero attached hydrogens (tertiary/aromatic N) is 2. The van der Waals surface area contributed by atoms with Crippen LogP contribution in [0.2, 0.25) is 0 Å². The van der Waals surface area contributed by atoms with Gasteiger partial charge < -0.3 is 9.47 Å². The fourth-order valence-corrected chi connectivity index (χ4v) is 9.56. The molecule has 9 heteroatoms. The molecule has 38 heavy (non-hydrogen) atoms. The van der Waals surface area contributed by atoms with Crippen LogP contribution in [0.4, 0.5) is 0 Å². The highest BCUT2D eigenvalue weighted by molar-refractivity contribution is 7.85. The van der Waals surface area contributed by atoms with Crippen molar-refractivity contribution < 1.29 is 26.9 Å². The van der Waals surface area contributed by atoms with E-state index in [-0.39, 0.29) is 29.6 Å². The first-order chi connectivity index (χ1) is 18.0. The summed E-state index contributed by atoms with van der Waals surface area (Å²) < 4.78 is 46.6. The van der Waals surface area contributed by atoms with Crippen LogP contribution in [0.3, 0.4) is 0 Å². The number of rotatable bonds is 8. The van der Waals surface area contributed by atoms with Crippen LogP contribution < -0.4 is 0 Å². The summed E-state index contributed by atoms with van der Waals surface area (Å²) in [5, 5.41) is 0. The first-order valence-corrected chi connectivity index (χ1v) is 15.0. The lowest BCUT2D eigenvalue weighted by atomic mass is 9.41. The molecule has 2 aliphatic heterocycles. The van der Waals surface area contributed by atoms with E-state index in [1.165, 1.54) is 24.8 Å². The zero-order valence-electron chi connectivity index (χ0n) is 22.3. The van der Waals surface area contributed by atoms with Crippen molar-refractivity contribution in [2.24, 2.45) is 29.6 Å². The van der Waals surface area contributed by atoms with Crippen molar-refractivity contribution in [1.82, 2.24) is 8.96 Å². The van der Waals surface area contributed by atoms with E-state index in [9.17, 15) is 13.2 Å². The quantitative estimate of drug-likeness (QED) is 0.356. The van der Waals surface area contributed by atoms with Crippen LogP contribution in [0.1, 0.15) is 58.9 Å². The minimum absolute atomic E-state index is 0.144. The molecular formula is C29H36N2O6S. The Balaban J connectivity index is 1.38. The molecule has 2 aromatic rings. The molecule has 0 spiro atoms. The number of fused-ring (bicyclic) bond motifs is 8. The van der Waals surface area contributed by atoms with Gasteiger partial charge in [0.25, 0.3) is 0 Å². The average molecular weight is 541 g/mol. The monoisotopic (exact) mass is 540 g/mol. The highest BCUT2D eigenvalue weighted by Crippen LogP contribution is 2.78. The van der Waals surface area contributed by atoms with Gasteiger partial charge >= 0.3 is 16.3 Å². The fourth-order valence-electron chi connectivity index (χ4n) is 8.53. The number of carbonyl (C=O) groups is 1. The van der Waals surface area contributed by atoms with Crippen LogP contribution in [0.15, 0.2) is 55.1 Å². The molecule has 4 aliphatic rings. The smallest absolute Gasteiger partial charge is 0.367 e. The summed E-state index contributed by atoms with van der Waals surface area (Å²) in [5.74, 6) is 0.558. The first-order valence-electron chi connectivity index (χ1n) is 13.6. The van der Waals surface area contributed by atoms with Crippen LogP contribution >= 0.6 is 0 Å². The first kappa shape index (κ1) is 25.8. The zero-order chi connectivity index (χ0) is 26.9. The molecule has 0 radical (unpaired) electrons. The summed E-state index contributed by atoms with van der Waals surface area (Å²) >= 11 is 0. The third-order valence-electron chi connectivity index (χ3n) is 9.51. The Morgan fingerprint density at radius 1 is 1.26 bits per heavy atom. The molecular weight excluding hydrogens is 504 g/mol. The van der Waals surface area contributed by atoms with E-state index in [0.717, 1.165) is 22.4 Å². The lowest BCUT2D eigenvalue weighted by Gasteiger charge is -2.65. The van der Waals surface area contributed by atoms with Gasteiger partial charge in [-0.25, -0.2) is 17.9 Å². The number of imidazole rings is 1. The van der Waals surface area contributed by atoms with Gasteiger partial charge in [-0.3, -0.25) is 0 Å². The van der Waals surface area contributed by atoms with Crippen molar-refractivity contribution in [3.63, 3.8) is 0 Å². The van der Waals surface area contributed by atoms with Gasteiger partial charge in [-0.2, -0.15) is 8.42 Å². The molecule has 1 aromatic heterocycles. The summed E-state index contributed by atoms with van der Waals surface area (Å²) in [6, 6.07) is 9.67. The lowest BCUT2D eigenvalue weighted by Crippen LogP contribution is -2.76. The van der Waals surface area contributed by atoms with Gasteiger partial charge in [0, 0.05) is 36.7 Å². The molecule has 2 saturated heterocycles. The Bertz CT molecular complexity index is 1340. The van der Waals surface area contributed by atoms with E-state index in [1.54, 1.807) is 6.08 Å². The third-order valence-corrected chi connectivity index (χ3v) is 10.7. The normalized spacial score (nSPS) is 39.3. The number of hydrogen-bond acceptors (Lipinski definition) is 7. The van der Waals surface area contributed by atoms with Crippen LogP contribution in [-0.4, -0.2) is 46.3 Å². The van der Waals surface area contributed by atoms with Crippen LogP contribution in [0, 0.1) is 29.6 Å². The number of hydrogen-bond donors (Lipinski definition) is 0.